The summed E-state index contributed by atoms with van der Waals surface area (Å²) in [7, 11) is 0. The van der Waals surface area contributed by atoms with Crippen LogP contribution < -0.4 is 0 Å². The Morgan fingerprint density at radius 2 is 1.86 bits per heavy atom. The van der Waals surface area contributed by atoms with Gasteiger partial charge in [-0.05, 0) is 29.2 Å². The van der Waals surface area contributed by atoms with E-state index in [1.807, 2.05) is 18.5 Å². The van der Waals surface area contributed by atoms with E-state index in [-0.39, 0.29) is 0 Å². The summed E-state index contributed by atoms with van der Waals surface area (Å²) >= 11 is 0. The van der Waals surface area contributed by atoms with Gasteiger partial charge in [0.2, 0.25) is 0 Å². The maximum Gasteiger partial charge on any atom is 0.0305 e. The first-order valence-electron chi connectivity index (χ1n) is 4.90. The molecule has 0 unspecified atom stereocenters. The Labute approximate surface area is 84.4 Å². The normalized spacial score (nSPS) is 10.1. The van der Waals surface area contributed by atoms with Crippen LogP contribution in [-0.2, 0) is 6.42 Å². The fourth-order valence-corrected chi connectivity index (χ4v) is 1.61. The van der Waals surface area contributed by atoms with Crippen molar-refractivity contribution in [1.29, 1.82) is 0 Å². The summed E-state index contributed by atoms with van der Waals surface area (Å²) in [5.74, 6) is 0. The molecule has 0 aliphatic carbocycles. The molecule has 0 amide bonds. The zero-order valence-corrected chi connectivity index (χ0v) is 8.27. The highest BCUT2D eigenvalue weighted by Crippen LogP contribution is 2.22. The van der Waals surface area contributed by atoms with Gasteiger partial charge in [0.15, 0.2) is 0 Å². The average molecular weight is 183 g/mol. The zero-order chi connectivity index (χ0) is 9.80. The molecule has 0 saturated carbocycles. The van der Waals surface area contributed by atoms with E-state index in [4.69, 9.17) is 0 Å². The number of hydrogen-bond acceptors (Lipinski definition) is 1. The van der Waals surface area contributed by atoms with Crippen LogP contribution in [0, 0.1) is 0 Å². The van der Waals surface area contributed by atoms with Gasteiger partial charge in [-0.25, -0.2) is 0 Å². The second-order valence-corrected chi connectivity index (χ2v) is 3.25. The Morgan fingerprint density at radius 3 is 2.57 bits per heavy atom. The van der Waals surface area contributed by atoms with E-state index >= 15 is 0 Å². The SMILES string of the molecule is CCc1cnccc1-c1ccccc1. The fourth-order valence-electron chi connectivity index (χ4n) is 1.61. The predicted octanol–water partition coefficient (Wildman–Crippen LogP) is 3.31. The molecule has 1 aromatic carbocycles. The lowest BCUT2D eigenvalue weighted by Crippen LogP contribution is -1.88. The summed E-state index contributed by atoms with van der Waals surface area (Å²) < 4.78 is 0. The summed E-state index contributed by atoms with van der Waals surface area (Å²) in [5, 5.41) is 0. The molecule has 0 bridgehead atoms. The lowest BCUT2D eigenvalue weighted by atomic mass is 10.0. The summed E-state index contributed by atoms with van der Waals surface area (Å²) in [6.07, 6.45) is 4.82. The van der Waals surface area contributed by atoms with Crippen molar-refractivity contribution < 1.29 is 0 Å². The molecule has 0 N–H and O–H groups in total. The van der Waals surface area contributed by atoms with E-state index in [0.29, 0.717) is 0 Å². The molecule has 0 aliphatic heterocycles. The highest BCUT2D eigenvalue weighted by molar-refractivity contribution is 5.66. The monoisotopic (exact) mass is 183 g/mol. The van der Waals surface area contributed by atoms with Gasteiger partial charge in [0.1, 0.15) is 0 Å². The van der Waals surface area contributed by atoms with Crippen LogP contribution in [0.5, 0.6) is 0 Å². The molecule has 70 valence electrons. The van der Waals surface area contributed by atoms with Crippen LogP contribution in [0.25, 0.3) is 11.1 Å². The summed E-state index contributed by atoms with van der Waals surface area (Å²) in [6, 6.07) is 12.5. The molecule has 0 radical (unpaired) electrons. The van der Waals surface area contributed by atoms with Gasteiger partial charge in [-0.1, -0.05) is 37.3 Å². The number of aromatic nitrogens is 1. The molecule has 0 saturated heterocycles. The van der Waals surface area contributed by atoms with E-state index in [1.165, 1.54) is 16.7 Å². The van der Waals surface area contributed by atoms with Crippen LogP contribution >= 0.6 is 0 Å². The second kappa shape index (κ2) is 4.05. The molecule has 1 aromatic heterocycles. The third-order valence-electron chi connectivity index (χ3n) is 2.37. The Kier molecular flexibility index (Phi) is 2.59. The second-order valence-electron chi connectivity index (χ2n) is 3.25. The lowest BCUT2D eigenvalue weighted by Gasteiger charge is -2.06. The third-order valence-corrected chi connectivity index (χ3v) is 2.37. The van der Waals surface area contributed by atoms with Crippen molar-refractivity contribution in [3.8, 4) is 11.1 Å². The third kappa shape index (κ3) is 1.67. The number of nitrogens with zero attached hydrogens (tertiary/aromatic N) is 1. The quantitative estimate of drug-likeness (QED) is 0.696. The van der Waals surface area contributed by atoms with Crippen molar-refractivity contribution in [2.24, 2.45) is 0 Å². The summed E-state index contributed by atoms with van der Waals surface area (Å²) in [5.41, 5.74) is 3.87. The van der Waals surface area contributed by atoms with E-state index in [1.54, 1.807) is 0 Å². The minimum Gasteiger partial charge on any atom is -0.264 e. The lowest BCUT2D eigenvalue weighted by molar-refractivity contribution is 1.11. The van der Waals surface area contributed by atoms with Gasteiger partial charge >= 0.3 is 0 Å². The molecule has 0 aliphatic rings. The van der Waals surface area contributed by atoms with Crippen LogP contribution in [-0.4, -0.2) is 4.98 Å². The van der Waals surface area contributed by atoms with Crippen LogP contribution in [0.3, 0.4) is 0 Å². The van der Waals surface area contributed by atoms with Gasteiger partial charge in [0.25, 0.3) is 0 Å². The smallest absolute Gasteiger partial charge is 0.0305 e. The number of hydrogen-bond donors (Lipinski definition) is 0. The maximum atomic E-state index is 4.14. The van der Waals surface area contributed by atoms with E-state index < -0.39 is 0 Å². The highest BCUT2D eigenvalue weighted by atomic mass is 14.6. The van der Waals surface area contributed by atoms with Crippen molar-refractivity contribution in [3.63, 3.8) is 0 Å². The summed E-state index contributed by atoms with van der Waals surface area (Å²) in [4.78, 5) is 4.14. The summed E-state index contributed by atoms with van der Waals surface area (Å²) in [6.45, 7) is 2.16. The molecular weight excluding hydrogens is 170 g/mol. The van der Waals surface area contributed by atoms with Gasteiger partial charge in [0, 0.05) is 12.4 Å². The molecule has 1 heterocycles. The predicted molar refractivity (Wildman–Crippen MR) is 59.1 cm³/mol. The van der Waals surface area contributed by atoms with Gasteiger partial charge in [-0.15, -0.1) is 0 Å². The van der Waals surface area contributed by atoms with E-state index in [2.05, 4.69) is 42.2 Å². The van der Waals surface area contributed by atoms with E-state index in [9.17, 15) is 0 Å². The topological polar surface area (TPSA) is 12.9 Å². The first-order chi connectivity index (χ1) is 6.92. The Balaban J connectivity index is 2.51. The van der Waals surface area contributed by atoms with Gasteiger partial charge in [-0.3, -0.25) is 4.98 Å². The highest BCUT2D eigenvalue weighted by Gasteiger charge is 2.01. The van der Waals surface area contributed by atoms with Gasteiger partial charge in [0.05, 0.1) is 0 Å². The molecule has 2 aromatic rings. The molecule has 2 rings (SSSR count). The van der Waals surface area contributed by atoms with Crippen molar-refractivity contribution in [1.82, 2.24) is 4.98 Å². The zero-order valence-electron chi connectivity index (χ0n) is 8.27. The van der Waals surface area contributed by atoms with Crippen molar-refractivity contribution in [2.75, 3.05) is 0 Å². The van der Waals surface area contributed by atoms with Crippen LogP contribution in [0.4, 0.5) is 0 Å². The Morgan fingerprint density at radius 1 is 1.07 bits per heavy atom. The molecule has 0 spiro atoms. The Hall–Kier alpha value is -1.63. The first kappa shape index (κ1) is 8.95. The van der Waals surface area contributed by atoms with Crippen LogP contribution in [0.2, 0.25) is 0 Å². The standard InChI is InChI=1S/C13H13N/c1-2-11-10-14-9-8-13(11)12-6-4-3-5-7-12/h3-10H,2H2,1H3. The largest absolute Gasteiger partial charge is 0.264 e. The van der Waals surface area contributed by atoms with E-state index in [0.717, 1.165) is 6.42 Å². The average Bonchev–Trinajstić information content (AvgIpc) is 2.30. The molecule has 14 heavy (non-hydrogen) atoms. The minimum atomic E-state index is 1.03. The fraction of sp³-hybridized carbons (Fsp3) is 0.154. The number of benzene rings is 1. The molecule has 0 atom stereocenters. The maximum absolute atomic E-state index is 4.14. The van der Waals surface area contributed by atoms with Crippen LogP contribution in [0.15, 0.2) is 48.8 Å². The minimum absolute atomic E-state index is 1.03. The first-order valence-corrected chi connectivity index (χ1v) is 4.90. The van der Waals surface area contributed by atoms with Gasteiger partial charge < -0.3 is 0 Å². The van der Waals surface area contributed by atoms with Gasteiger partial charge in [-0.2, -0.15) is 0 Å². The van der Waals surface area contributed by atoms with Crippen molar-refractivity contribution in [3.05, 3.63) is 54.4 Å². The molecule has 0 fully saturated rings. The van der Waals surface area contributed by atoms with Crippen molar-refractivity contribution >= 4 is 0 Å². The Bertz CT molecular complexity index is 407. The molecular formula is C13H13N. The van der Waals surface area contributed by atoms with Crippen molar-refractivity contribution in [2.45, 2.75) is 13.3 Å². The number of aryl methyl sites for hydroxylation is 1. The molecule has 1 heteroatoms. The van der Waals surface area contributed by atoms with Crippen LogP contribution in [0.1, 0.15) is 12.5 Å². The number of rotatable bonds is 2. The molecule has 1 nitrogen and oxygen atoms in total. The number of pyridine rings is 1.